The van der Waals surface area contributed by atoms with Gasteiger partial charge in [-0.25, -0.2) is 0 Å². The van der Waals surface area contributed by atoms with Crippen LogP contribution in [0.3, 0.4) is 0 Å². The van der Waals surface area contributed by atoms with Gasteiger partial charge in [-0.05, 0) is 12.8 Å². The molecule has 0 aromatic heterocycles. The van der Waals surface area contributed by atoms with Crippen LogP contribution in [0.15, 0.2) is 0 Å². The minimum Gasteiger partial charge on any atom is -0.311 e. The molecule has 0 aromatic rings. The summed E-state index contributed by atoms with van der Waals surface area (Å²) in [4.78, 5) is 0. The summed E-state index contributed by atoms with van der Waals surface area (Å²) in [6, 6.07) is 1.30. The largest absolute Gasteiger partial charge is 0.311 e. The third-order valence-electron chi connectivity index (χ3n) is 2.56. The topological polar surface area (TPSA) is 24.1 Å². The van der Waals surface area contributed by atoms with Crippen LogP contribution in [0.1, 0.15) is 33.1 Å². The van der Waals surface area contributed by atoms with Crippen molar-refractivity contribution >= 4 is 0 Å². The molecule has 0 saturated carbocycles. The Morgan fingerprint density at radius 2 is 2.17 bits per heavy atom. The molecule has 2 nitrogen and oxygen atoms in total. The third kappa shape index (κ3) is 3.11. The second kappa shape index (κ2) is 5.55. The van der Waals surface area contributed by atoms with Crippen molar-refractivity contribution in [3.8, 4) is 0 Å². The van der Waals surface area contributed by atoms with E-state index in [1.807, 2.05) is 0 Å². The number of rotatable bonds is 4. The van der Waals surface area contributed by atoms with E-state index in [0.717, 1.165) is 13.1 Å². The van der Waals surface area contributed by atoms with Gasteiger partial charge in [0, 0.05) is 25.2 Å². The van der Waals surface area contributed by atoms with Crippen LogP contribution >= 0.6 is 0 Å². The zero-order chi connectivity index (χ0) is 8.81. The Hall–Kier alpha value is -0.0800. The Morgan fingerprint density at radius 1 is 1.33 bits per heavy atom. The van der Waals surface area contributed by atoms with E-state index < -0.39 is 0 Å². The van der Waals surface area contributed by atoms with Crippen LogP contribution in [0.2, 0.25) is 0 Å². The predicted octanol–water partition coefficient (Wildman–Crippen LogP) is 1.33. The average molecular weight is 169 g/mol. The molecule has 1 rings (SSSR count). The van der Waals surface area contributed by atoms with Gasteiger partial charge >= 0.3 is 0 Å². The molecule has 1 radical (unpaired) electrons. The fourth-order valence-corrected chi connectivity index (χ4v) is 1.62. The molecule has 1 fully saturated rings. The maximum absolute atomic E-state index is 3.56. The van der Waals surface area contributed by atoms with Crippen molar-refractivity contribution < 1.29 is 0 Å². The lowest BCUT2D eigenvalue weighted by Crippen LogP contribution is -2.54. The smallest absolute Gasteiger partial charge is 0.0221 e. The monoisotopic (exact) mass is 169 g/mol. The van der Waals surface area contributed by atoms with Crippen LogP contribution in [-0.2, 0) is 0 Å². The van der Waals surface area contributed by atoms with Crippen LogP contribution in [0.5, 0.6) is 0 Å². The first kappa shape index (κ1) is 10.0. The highest BCUT2D eigenvalue weighted by Crippen LogP contribution is 2.04. The molecule has 2 unspecified atom stereocenters. The fourth-order valence-electron chi connectivity index (χ4n) is 1.62. The van der Waals surface area contributed by atoms with Gasteiger partial charge in [0.05, 0.1) is 0 Å². The van der Waals surface area contributed by atoms with Crippen molar-refractivity contribution in [2.24, 2.45) is 0 Å². The van der Waals surface area contributed by atoms with Gasteiger partial charge in [-0.3, -0.25) is 0 Å². The summed E-state index contributed by atoms with van der Waals surface area (Å²) in [6.07, 6.45) is 6.20. The van der Waals surface area contributed by atoms with Crippen LogP contribution in [0.4, 0.5) is 0 Å². The molecule has 2 heteroatoms. The number of hydrogen-bond acceptors (Lipinski definition) is 2. The maximum atomic E-state index is 3.56. The Morgan fingerprint density at radius 3 is 2.67 bits per heavy atom. The van der Waals surface area contributed by atoms with Gasteiger partial charge in [0.25, 0.3) is 0 Å². The molecular weight excluding hydrogens is 148 g/mol. The lowest BCUT2D eigenvalue weighted by atomic mass is 10.1. The normalized spacial score (nSPS) is 30.5. The van der Waals surface area contributed by atoms with E-state index in [-0.39, 0.29) is 0 Å². The zero-order valence-electron chi connectivity index (χ0n) is 8.27. The van der Waals surface area contributed by atoms with E-state index in [0.29, 0.717) is 12.1 Å². The molecule has 0 spiro atoms. The summed E-state index contributed by atoms with van der Waals surface area (Å²) in [5, 5.41) is 7.07. The average Bonchev–Trinajstić information content (AvgIpc) is 2.15. The van der Waals surface area contributed by atoms with E-state index in [1.54, 1.807) is 0 Å². The Bertz CT molecular complexity index is 106. The maximum Gasteiger partial charge on any atom is 0.0221 e. The van der Waals surface area contributed by atoms with Gasteiger partial charge < -0.3 is 10.6 Å². The van der Waals surface area contributed by atoms with Crippen LogP contribution in [0, 0.1) is 6.42 Å². The number of nitrogens with one attached hydrogen (secondary N) is 2. The summed E-state index contributed by atoms with van der Waals surface area (Å²) >= 11 is 0. The van der Waals surface area contributed by atoms with Gasteiger partial charge in [-0.1, -0.05) is 26.7 Å². The zero-order valence-corrected chi connectivity index (χ0v) is 8.27. The van der Waals surface area contributed by atoms with Crippen molar-refractivity contribution in [3.63, 3.8) is 0 Å². The third-order valence-corrected chi connectivity index (χ3v) is 2.56. The molecule has 0 bridgehead atoms. The molecule has 71 valence electrons. The van der Waals surface area contributed by atoms with Gasteiger partial charge in [-0.2, -0.15) is 0 Å². The number of piperazine rings is 1. The van der Waals surface area contributed by atoms with Gasteiger partial charge in [0.1, 0.15) is 0 Å². The first-order valence-electron chi connectivity index (χ1n) is 5.13. The molecule has 1 saturated heterocycles. The summed E-state index contributed by atoms with van der Waals surface area (Å²) < 4.78 is 0. The summed E-state index contributed by atoms with van der Waals surface area (Å²) in [7, 11) is 0. The molecule has 2 atom stereocenters. The molecular formula is C10H21N2. The summed E-state index contributed by atoms with van der Waals surface area (Å²) in [5.74, 6) is 0. The lowest BCUT2D eigenvalue weighted by Gasteiger charge is -2.30. The SMILES string of the molecule is C[CH]C1CNC(CCCC)CN1. The second-order valence-electron chi connectivity index (χ2n) is 3.60. The second-order valence-corrected chi connectivity index (χ2v) is 3.60. The number of hydrogen-bond donors (Lipinski definition) is 2. The summed E-state index contributed by atoms with van der Waals surface area (Å²) in [5.41, 5.74) is 0. The molecule has 1 aliphatic heterocycles. The van der Waals surface area contributed by atoms with Crippen molar-refractivity contribution in [2.45, 2.75) is 45.2 Å². The Kier molecular flexibility index (Phi) is 4.62. The van der Waals surface area contributed by atoms with E-state index in [9.17, 15) is 0 Å². The van der Waals surface area contributed by atoms with Crippen molar-refractivity contribution in [2.75, 3.05) is 13.1 Å². The minimum absolute atomic E-state index is 0.586. The minimum atomic E-state index is 0.586. The highest BCUT2D eigenvalue weighted by Gasteiger charge is 2.17. The highest BCUT2D eigenvalue weighted by molar-refractivity contribution is 4.88. The lowest BCUT2D eigenvalue weighted by molar-refractivity contribution is 0.348. The van der Waals surface area contributed by atoms with E-state index in [2.05, 4.69) is 30.9 Å². The molecule has 2 N–H and O–H groups in total. The molecule has 0 amide bonds. The van der Waals surface area contributed by atoms with Gasteiger partial charge in [-0.15, -0.1) is 0 Å². The van der Waals surface area contributed by atoms with Crippen molar-refractivity contribution in [3.05, 3.63) is 6.42 Å². The molecule has 1 heterocycles. The van der Waals surface area contributed by atoms with Crippen LogP contribution < -0.4 is 10.6 Å². The van der Waals surface area contributed by atoms with Crippen LogP contribution in [0.25, 0.3) is 0 Å². The number of unbranched alkanes of at least 4 members (excludes halogenated alkanes) is 1. The first-order valence-corrected chi connectivity index (χ1v) is 5.13. The van der Waals surface area contributed by atoms with Gasteiger partial charge in [0.15, 0.2) is 0 Å². The Balaban J connectivity index is 2.09. The van der Waals surface area contributed by atoms with Crippen LogP contribution in [-0.4, -0.2) is 25.2 Å². The van der Waals surface area contributed by atoms with Crippen molar-refractivity contribution in [1.29, 1.82) is 0 Å². The molecule has 1 aliphatic rings. The highest BCUT2D eigenvalue weighted by atomic mass is 15.1. The molecule has 0 aliphatic carbocycles. The quantitative estimate of drug-likeness (QED) is 0.663. The molecule has 12 heavy (non-hydrogen) atoms. The Labute approximate surface area is 76.1 Å². The van der Waals surface area contributed by atoms with E-state index in [4.69, 9.17) is 0 Å². The van der Waals surface area contributed by atoms with Crippen molar-refractivity contribution in [1.82, 2.24) is 10.6 Å². The molecule has 0 aromatic carbocycles. The standard InChI is InChI=1S/C10H21N2/c1-3-5-6-10-8-11-9(4-2)7-12-10/h4,9-12H,3,5-8H2,1-2H3. The first-order chi connectivity index (χ1) is 5.86. The van der Waals surface area contributed by atoms with E-state index >= 15 is 0 Å². The predicted molar refractivity (Wildman–Crippen MR) is 53.1 cm³/mol. The fraction of sp³-hybridized carbons (Fsp3) is 0.900. The van der Waals surface area contributed by atoms with E-state index in [1.165, 1.54) is 19.3 Å². The van der Waals surface area contributed by atoms with Gasteiger partial charge in [0.2, 0.25) is 0 Å². The summed E-state index contributed by atoms with van der Waals surface area (Å²) in [6.45, 7) is 6.60.